The van der Waals surface area contributed by atoms with Gasteiger partial charge in [0.25, 0.3) is 0 Å². The minimum absolute atomic E-state index is 0.0217. The number of nitrogens with zero attached hydrogens (tertiary/aromatic N) is 3. The van der Waals surface area contributed by atoms with Crippen LogP contribution in [0.5, 0.6) is 0 Å². The van der Waals surface area contributed by atoms with Crippen molar-refractivity contribution in [2.75, 3.05) is 6.54 Å². The number of hydrogen-bond donors (Lipinski definition) is 1. The number of hydrogen-bond acceptors (Lipinski definition) is 5. The molecule has 2 atom stereocenters. The Kier molecular flexibility index (Phi) is 7.07. The summed E-state index contributed by atoms with van der Waals surface area (Å²) >= 11 is 1.40. The second-order valence-corrected chi connectivity index (χ2v) is 8.98. The molecule has 0 saturated carbocycles. The standard InChI is InChI=1S/C25H26N4O2S/c1-18(21-12-7-4-8-13-21)16-26-24(30)19(2)32-25-28-27-23(22-14-9-15-31-22)29(25)17-20-10-5-3-6-11-20/h3-15,18-19H,16-17H2,1-2H3,(H,26,30). The first-order chi connectivity index (χ1) is 15.6. The average molecular weight is 447 g/mol. The minimum atomic E-state index is -0.318. The largest absolute Gasteiger partial charge is 0.461 e. The van der Waals surface area contributed by atoms with Gasteiger partial charge in [0.15, 0.2) is 10.9 Å². The van der Waals surface area contributed by atoms with Crippen molar-refractivity contribution in [1.29, 1.82) is 0 Å². The Morgan fingerprint density at radius 2 is 1.72 bits per heavy atom. The van der Waals surface area contributed by atoms with Gasteiger partial charge in [-0.1, -0.05) is 79.3 Å². The van der Waals surface area contributed by atoms with Crippen LogP contribution in [-0.2, 0) is 11.3 Å². The number of carbonyl (C=O) groups is 1. The molecule has 164 valence electrons. The third-order valence-electron chi connectivity index (χ3n) is 5.24. The first-order valence-corrected chi connectivity index (χ1v) is 11.5. The van der Waals surface area contributed by atoms with Crippen LogP contribution in [-0.4, -0.2) is 32.5 Å². The second-order valence-electron chi connectivity index (χ2n) is 7.67. The molecule has 32 heavy (non-hydrogen) atoms. The molecule has 2 aromatic carbocycles. The van der Waals surface area contributed by atoms with Gasteiger partial charge < -0.3 is 9.73 Å². The Morgan fingerprint density at radius 3 is 2.41 bits per heavy atom. The van der Waals surface area contributed by atoms with Gasteiger partial charge in [0, 0.05) is 6.54 Å². The summed E-state index contributed by atoms with van der Waals surface area (Å²) in [4.78, 5) is 12.8. The Morgan fingerprint density at radius 1 is 1.00 bits per heavy atom. The van der Waals surface area contributed by atoms with Crippen LogP contribution in [0.2, 0.25) is 0 Å². The van der Waals surface area contributed by atoms with E-state index in [0.29, 0.717) is 29.8 Å². The van der Waals surface area contributed by atoms with Crippen molar-refractivity contribution in [1.82, 2.24) is 20.1 Å². The lowest BCUT2D eigenvalue weighted by atomic mass is 10.0. The molecule has 0 aliphatic rings. The molecule has 0 fully saturated rings. The number of amides is 1. The van der Waals surface area contributed by atoms with Crippen LogP contribution in [0.4, 0.5) is 0 Å². The Balaban J connectivity index is 1.46. The molecule has 2 unspecified atom stereocenters. The van der Waals surface area contributed by atoms with E-state index in [-0.39, 0.29) is 17.1 Å². The molecule has 6 nitrogen and oxygen atoms in total. The predicted molar refractivity (Wildman–Crippen MR) is 126 cm³/mol. The highest BCUT2D eigenvalue weighted by Crippen LogP contribution is 2.28. The topological polar surface area (TPSA) is 73.0 Å². The van der Waals surface area contributed by atoms with E-state index in [4.69, 9.17) is 4.42 Å². The maximum Gasteiger partial charge on any atom is 0.233 e. The zero-order valence-corrected chi connectivity index (χ0v) is 19.0. The van der Waals surface area contributed by atoms with E-state index in [1.807, 2.05) is 60.0 Å². The van der Waals surface area contributed by atoms with Gasteiger partial charge in [0.2, 0.25) is 11.7 Å². The third-order valence-corrected chi connectivity index (χ3v) is 6.32. The first kappa shape index (κ1) is 21.9. The lowest BCUT2D eigenvalue weighted by Crippen LogP contribution is -2.33. The SMILES string of the molecule is CC(Sc1nnc(-c2ccco2)n1Cc1ccccc1)C(=O)NCC(C)c1ccccc1. The summed E-state index contributed by atoms with van der Waals surface area (Å²) in [7, 11) is 0. The van der Waals surface area contributed by atoms with Crippen LogP contribution in [0.1, 0.15) is 30.9 Å². The number of nitrogens with one attached hydrogen (secondary N) is 1. The Bertz CT molecular complexity index is 1130. The van der Waals surface area contributed by atoms with Crippen molar-refractivity contribution in [3.05, 3.63) is 90.2 Å². The summed E-state index contributed by atoms with van der Waals surface area (Å²) in [6.45, 7) is 5.18. The van der Waals surface area contributed by atoms with Crippen molar-refractivity contribution in [3.63, 3.8) is 0 Å². The van der Waals surface area contributed by atoms with E-state index in [9.17, 15) is 4.79 Å². The summed E-state index contributed by atoms with van der Waals surface area (Å²) in [5, 5.41) is 12.1. The van der Waals surface area contributed by atoms with Gasteiger partial charge in [0.1, 0.15) is 0 Å². The molecule has 1 N–H and O–H groups in total. The van der Waals surface area contributed by atoms with Crippen molar-refractivity contribution in [2.24, 2.45) is 0 Å². The van der Waals surface area contributed by atoms with Crippen molar-refractivity contribution < 1.29 is 9.21 Å². The minimum Gasteiger partial charge on any atom is -0.461 e. The van der Waals surface area contributed by atoms with E-state index in [1.165, 1.54) is 17.3 Å². The number of furan rings is 1. The van der Waals surface area contributed by atoms with Crippen LogP contribution >= 0.6 is 11.8 Å². The van der Waals surface area contributed by atoms with Crippen molar-refractivity contribution in [3.8, 4) is 11.6 Å². The summed E-state index contributed by atoms with van der Waals surface area (Å²) in [5.74, 6) is 1.51. The number of aromatic nitrogens is 3. The molecule has 2 heterocycles. The highest BCUT2D eigenvalue weighted by Gasteiger charge is 2.22. The Hall–Kier alpha value is -3.32. The fourth-order valence-corrected chi connectivity index (χ4v) is 4.25. The first-order valence-electron chi connectivity index (χ1n) is 10.6. The molecule has 0 radical (unpaired) electrons. The number of rotatable bonds is 9. The molecule has 0 saturated heterocycles. The predicted octanol–water partition coefficient (Wildman–Crippen LogP) is 4.99. The van der Waals surface area contributed by atoms with Crippen LogP contribution in [0, 0.1) is 0 Å². The van der Waals surface area contributed by atoms with Gasteiger partial charge >= 0.3 is 0 Å². The molecular formula is C25H26N4O2S. The molecule has 4 aromatic rings. The van der Waals surface area contributed by atoms with E-state index in [1.54, 1.807) is 6.26 Å². The smallest absolute Gasteiger partial charge is 0.233 e. The molecule has 0 aliphatic carbocycles. The van der Waals surface area contributed by atoms with Gasteiger partial charge in [0.05, 0.1) is 18.1 Å². The molecule has 0 bridgehead atoms. The van der Waals surface area contributed by atoms with Crippen LogP contribution in [0.3, 0.4) is 0 Å². The quantitative estimate of drug-likeness (QED) is 0.367. The summed E-state index contributed by atoms with van der Waals surface area (Å²) < 4.78 is 7.55. The molecular weight excluding hydrogens is 420 g/mol. The zero-order chi connectivity index (χ0) is 22.3. The van der Waals surface area contributed by atoms with Crippen molar-refractivity contribution >= 4 is 17.7 Å². The lowest BCUT2D eigenvalue weighted by Gasteiger charge is -2.16. The maximum absolute atomic E-state index is 12.8. The lowest BCUT2D eigenvalue weighted by molar-refractivity contribution is -0.120. The third kappa shape index (κ3) is 5.29. The monoisotopic (exact) mass is 446 g/mol. The number of thioether (sulfide) groups is 1. The zero-order valence-electron chi connectivity index (χ0n) is 18.1. The van der Waals surface area contributed by atoms with Gasteiger partial charge in [-0.15, -0.1) is 10.2 Å². The molecule has 4 rings (SSSR count). The molecule has 0 aliphatic heterocycles. The summed E-state index contributed by atoms with van der Waals surface area (Å²) in [5.41, 5.74) is 2.33. The number of carbonyl (C=O) groups excluding carboxylic acids is 1. The van der Waals surface area contributed by atoms with E-state index >= 15 is 0 Å². The normalized spacial score (nSPS) is 12.9. The van der Waals surface area contributed by atoms with Crippen LogP contribution in [0.15, 0.2) is 88.6 Å². The van der Waals surface area contributed by atoms with Gasteiger partial charge in [-0.2, -0.15) is 0 Å². The van der Waals surface area contributed by atoms with E-state index in [0.717, 1.165) is 5.56 Å². The summed E-state index contributed by atoms with van der Waals surface area (Å²) in [6, 6.07) is 24.0. The van der Waals surface area contributed by atoms with Crippen LogP contribution < -0.4 is 5.32 Å². The van der Waals surface area contributed by atoms with E-state index in [2.05, 4.69) is 46.7 Å². The van der Waals surface area contributed by atoms with Gasteiger partial charge in [-0.25, -0.2) is 0 Å². The summed E-state index contributed by atoms with van der Waals surface area (Å²) in [6.07, 6.45) is 1.62. The van der Waals surface area contributed by atoms with Crippen molar-refractivity contribution in [2.45, 2.75) is 36.7 Å². The molecule has 7 heteroatoms. The fourth-order valence-electron chi connectivity index (χ4n) is 3.38. The van der Waals surface area contributed by atoms with Gasteiger partial charge in [-0.05, 0) is 36.1 Å². The maximum atomic E-state index is 12.8. The highest BCUT2D eigenvalue weighted by atomic mass is 32.2. The fraction of sp³-hybridized carbons (Fsp3) is 0.240. The number of benzene rings is 2. The Labute approximate surface area is 192 Å². The second kappa shape index (κ2) is 10.3. The average Bonchev–Trinajstić information content (AvgIpc) is 3.49. The highest BCUT2D eigenvalue weighted by molar-refractivity contribution is 8.00. The van der Waals surface area contributed by atoms with Gasteiger partial charge in [-0.3, -0.25) is 9.36 Å². The van der Waals surface area contributed by atoms with E-state index < -0.39 is 0 Å². The molecule has 0 spiro atoms. The molecule has 2 aromatic heterocycles. The molecule has 1 amide bonds. The van der Waals surface area contributed by atoms with Crippen LogP contribution in [0.25, 0.3) is 11.6 Å².